The minimum absolute atomic E-state index is 0.201. The first-order chi connectivity index (χ1) is 11.6. The molecule has 0 radical (unpaired) electrons. The lowest BCUT2D eigenvalue weighted by Gasteiger charge is -2.14. The molecule has 2 aromatic rings. The van der Waals surface area contributed by atoms with E-state index in [1.807, 2.05) is 26.8 Å². The third kappa shape index (κ3) is 4.47. The Morgan fingerprint density at radius 3 is 1.96 bits per heavy atom. The van der Waals surface area contributed by atoms with Gasteiger partial charge in [0.2, 0.25) is 0 Å². The number of nitrogens with one attached hydrogen (secondary N) is 2. The standard InChI is InChI=1S/C18H20N2O5/c1-10-9-13(18(2,3)4)25-14(10)15(21)19-11-5-7-12(8-6-11)20-16(22)17(23)24/h5-9H,1-4H3,(H,19,21)(H,20,22)(H,23,24). The first kappa shape index (κ1) is 18.3. The average molecular weight is 344 g/mol. The van der Waals surface area contributed by atoms with E-state index in [-0.39, 0.29) is 17.1 Å². The Morgan fingerprint density at radius 1 is 1.00 bits per heavy atom. The summed E-state index contributed by atoms with van der Waals surface area (Å²) < 4.78 is 5.68. The van der Waals surface area contributed by atoms with Gasteiger partial charge in [-0.05, 0) is 37.3 Å². The van der Waals surface area contributed by atoms with Crippen LogP contribution in [0.2, 0.25) is 0 Å². The maximum Gasteiger partial charge on any atom is 0.394 e. The SMILES string of the molecule is Cc1cc(C(C)(C)C)oc1C(=O)Nc1ccc(NC(=O)C(=O)O)cc1. The Balaban J connectivity index is 2.10. The Bertz CT molecular complexity index is 813. The number of furan rings is 1. The van der Waals surface area contributed by atoms with Gasteiger partial charge in [-0.15, -0.1) is 0 Å². The van der Waals surface area contributed by atoms with Crippen molar-refractivity contribution in [3.8, 4) is 0 Å². The Morgan fingerprint density at radius 2 is 1.52 bits per heavy atom. The molecule has 0 aliphatic heterocycles. The lowest BCUT2D eigenvalue weighted by molar-refractivity contribution is -0.147. The number of aryl methyl sites for hydroxylation is 1. The predicted octanol–water partition coefficient (Wildman–Crippen LogP) is 3.16. The number of hydrogen-bond acceptors (Lipinski definition) is 4. The third-order valence-electron chi connectivity index (χ3n) is 3.46. The predicted molar refractivity (Wildman–Crippen MR) is 92.8 cm³/mol. The third-order valence-corrected chi connectivity index (χ3v) is 3.46. The first-order valence-electron chi connectivity index (χ1n) is 7.64. The van der Waals surface area contributed by atoms with E-state index < -0.39 is 11.9 Å². The Hall–Kier alpha value is -3.09. The van der Waals surface area contributed by atoms with E-state index in [1.165, 1.54) is 12.1 Å². The van der Waals surface area contributed by atoms with Gasteiger partial charge in [0, 0.05) is 22.4 Å². The summed E-state index contributed by atoms with van der Waals surface area (Å²) in [4.78, 5) is 34.0. The lowest BCUT2D eigenvalue weighted by atomic mass is 9.93. The molecule has 132 valence electrons. The first-order valence-corrected chi connectivity index (χ1v) is 7.64. The van der Waals surface area contributed by atoms with Crippen molar-refractivity contribution >= 4 is 29.2 Å². The fourth-order valence-electron chi connectivity index (χ4n) is 2.09. The van der Waals surface area contributed by atoms with Crippen LogP contribution in [0.25, 0.3) is 0 Å². The van der Waals surface area contributed by atoms with Gasteiger partial charge in [0.25, 0.3) is 5.91 Å². The second kappa shape index (κ2) is 6.80. The van der Waals surface area contributed by atoms with Gasteiger partial charge in [-0.25, -0.2) is 4.79 Å². The van der Waals surface area contributed by atoms with Crippen molar-refractivity contribution in [2.75, 3.05) is 10.6 Å². The van der Waals surface area contributed by atoms with E-state index in [0.717, 1.165) is 11.3 Å². The maximum absolute atomic E-state index is 12.4. The summed E-state index contributed by atoms with van der Waals surface area (Å²) in [5.74, 6) is -2.11. The number of hydrogen-bond donors (Lipinski definition) is 3. The Kier molecular flexibility index (Phi) is 4.97. The molecule has 0 unspecified atom stereocenters. The van der Waals surface area contributed by atoms with Crippen LogP contribution in [0.3, 0.4) is 0 Å². The van der Waals surface area contributed by atoms with Crippen LogP contribution in [0, 0.1) is 6.92 Å². The summed E-state index contributed by atoms with van der Waals surface area (Å²) in [6.07, 6.45) is 0. The molecule has 2 rings (SSSR count). The molecule has 2 amide bonds. The number of carboxylic acid groups (broad SMARTS) is 1. The van der Waals surface area contributed by atoms with Crippen molar-refractivity contribution in [2.45, 2.75) is 33.1 Å². The van der Waals surface area contributed by atoms with E-state index in [0.29, 0.717) is 11.4 Å². The van der Waals surface area contributed by atoms with Crippen LogP contribution in [-0.2, 0) is 15.0 Å². The molecule has 1 heterocycles. The number of carbonyl (C=O) groups is 3. The normalized spacial score (nSPS) is 11.0. The molecule has 1 aromatic carbocycles. The van der Waals surface area contributed by atoms with Crippen molar-refractivity contribution in [2.24, 2.45) is 0 Å². The quantitative estimate of drug-likeness (QED) is 0.741. The highest BCUT2D eigenvalue weighted by atomic mass is 16.4. The smallest absolute Gasteiger partial charge is 0.394 e. The minimum atomic E-state index is -1.57. The molecule has 7 heteroatoms. The van der Waals surface area contributed by atoms with Gasteiger partial charge < -0.3 is 20.2 Å². The summed E-state index contributed by atoms with van der Waals surface area (Å²) in [6, 6.07) is 7.94. The van der Waals surface area contributed by atoms with E-state index in [9.17, 15) is 14.4 Å². The Labute approximate surface area is 145 Å². The highest BCUT2D eigenvalue weighted by Crippen LogP contribution is 2.27. The molecule has 25 heavy (non-hydrogen) atoms. The molecule has 0 saturated heterocycles. The maximum atomic E-state index is 12.4. The van der Waals surface area contributed by atoms with Crippen molar-refractivity contribution in [3.63, 3.8) is 0 Å². The molecule has 3 N–H and O–H groups in total. The van der Waals surface area contributed by atoms with Gasteiger partial charge in [-0.2, -0.15) is 0 Å². The number of carboxylic acids is 1. The zero-order valence-corrected chi connectivity index (χ0v) is 14.5. The molecular weight excluding hydrogens is 324 g/mol. The molecule has 0 bridgehead atoms. The molecule has 7 nitrogen and oxygen atoms in total. The number of carbonyl (C=O) groups excluding carboxylic acids is 2. The summed E-state index contributed by atoms with van der Waals surface area (Å²) in [7, 11) is 0. The van der Waals surface area contributed by atoms with Gasteiger partial charge >= 0.3 is 11.9 Å². The number of amides is 2. The fourth-order valence-corrected chi connectivity index (χ4v) is 2.09. The highest BCUT2D eigenvalue weighted by molar-refractivity contribution is 6.36. The van der Waals surface area contributed by atoms with Gasteiger partial charge in [0.15, 0.2) is 5.76 Å². The largest absolute Gasteiger partial charge is 0.474 e. The van der Waals surface area contributed by atoms with Crippen LogP contribution in [-0.4, -0.2) is 22.9 Å². The molecule has 1 aromatic heterocycles. The zero-order valence-electron chi connectivity index (χ0n) is 14.5. The number of rotatable bonds is 3. The van der Waals surface area contributed by atoms with Crippen molar-refractivity contribution in [3.05, 3.63) is 47.4 Å². The highest BCUT2D eigenvalue weighted by Gasteiger charge is 2.23. The van der Waals surface area contributed by atoms with E-state index in [4.69, 9.17) is 9.52 Å². The second-order valence-electron chi connectivity index (χ2n) is 6.66. The summed E-state index contributed by atoms with van der Waals surface area (Å²) in [5.41, 5.74) is 1.35. The number of anilines is 2. The fraction of sp³-hybridized carbons (Fsp3) is 0.278. The van der Waals surface area contributed by atoms with Crippen LogP contribution < -0.4 is 10.6 Å². The van der Waals surface area contributed by atoms with Crippen LogP contribution in [0.5, 0.6) is 0 Å². The lowest BCUT2D eigenvalue weighted by Crippen LogP contribution is -2.21. The monoisotopic (exact) mass is 344 g/mol. The van der Waals surface area contributed by atoms with Crippen molar-refractivity contribution in [1.29, 1.82) is 0 Å². The second-order valence-corrected chi connectivity index (χ2v) is 6.66. The summed E-state index contributed by atoms with van der Waals surface area (Å²) in [6.45, 7) is 7.80. The average Bonchev–Trinajstić information content (AvgIpc) is 2.91. The van der Waals surface area contributed by atoms with Crippen LogP contribution >= 0.6 is 0 Å². The van der Waals surface area contributed by atoms with Crippen molar-refractivity contribution < 1.29 is 23.9 Å². The van der Waals surface area contributed by atoms with E-state index in [2.05, 4.69) is 10.6 Å². The molecular formula is C18H20N2O5. The van der Waals surface area contributed by atoms with E-state index in [1.54, 1.807) is 19.1 Å². The molecule has 0 fully saturated rings. The van der Waals surface area contributed by atoms with Crippen LogP contribution in [0.4, 0.5) is 11.4 Å². The van der Waals surface area contributed by atoms with Gasteiger partial charge in [0.1, 0.15) is 5.76 Å². The van der Waals surface area contributed by atoms with Gasteiger partial charge in [-0.1, -0.05) is 20.8 Å². The van der Waals surface area contributed by atoms with Gasteiger partial charge in [0.05, 0.1) is 0 Å². The molecule has 0 saturated carbocycles. The molecule has 0 aliphatic carbocycles. The van der Waals surface area contributed by atoms with Crippen LogP contribution in [0.15, 0.2) is 34.7 Å². The summed E-state index contributed by atoms with van der Waals surface area (Å²) in [5, 5.41) is 13.5. The molecule has 0 atom stereocenters. The molecule has 0 spiro atoms. The summed E-state index contributed by atoms with van der Waals surface area (Å²) >= 11 is 0. The zero-order chi connectivity index (χ0) is 18.8. The van der Waals surface area contributed by atoms with Crippen LogP contribution in [0.1, 0.15) is 42.6 Å². The topological polar surface area (TPSA) is 109 Å². The number of benzene rings is 1. The van der Waals surface area contributed by atoms with Gasteiger partial charge in [-0.3, -0.25) is 9.59 Å². The van der Waals surface area contributed by atoms with Crippen molar-refractivity contribution in [1.82, 2.24) is 0 Å². The minimum Gasteiger partial charge on any atom is -0.474 e. The molecule has 0 aliphatic rings. The van der Waals surface area contributed by atoms with E-state index >= 15 is 0 Å². The number of aliphatic carboxylic acids is 1.